The van der Waals surface area contributed by atoms with Crippen LogP contribution in [0.4, 0.5) is 0 Å². The fraction of sp³-hybridized carbons (Fsp3) is 0.300. The zero-order valence-electron chi connectivity index (χ0n) is 14.6. The third kappa shape index (κ3) is 4.98. The van der Waals surface area contributed by atoms with E-state index in [4.69, 9.17) is 21.7 Å². The number of halogens is 1. The molecule has 130 valence electrons. The quantitative estimate of drug-likeness (QED) is 0.502. The molecule has 0 saturated carbocycles. The fourth-order valence-electron chi connectivity index (χ4n) is 2.54. The van der Waals surface area contributed by atoms with Gasteiger partial charge in [-0.2, -0.15) is 0 Å². The highest BCUT2D eigenvalue weighted by atomic mass is 35.5. The van der Waals surface area contributed by atoms with Crippen LogP contribution in [0.15, 0.2) is 60.5 Å². The van der Waals surface area contributed by atoms with Gasteiger partial charge in [0.05, 0.1) is 0 Å². The molecule has 2 rings (SSSR count). The van der Waals surface area contributed by atoms with Gasteiger partial charge in [0.15, 0.2) is 10.6 Å². The third-order valence-corrected chi connectivity index (χ3v) is 4.32. The molecule has 0 bridgehead atoms. The highest BCUT2D eigenvalue weighted by Gasteiger charge is 2.35. The van der Waals surface area contributed by atoms with Crippen LogP contribution in [-0.2, 0) is 6.42 Å². The van der Waals surface area contributed by atoms with Crippen molar-refractivity contribution in [1.29, 1.82) is 5.39 Å². The van der Waals surface area contributed by atoms with Crippen molar-refractivity contribution < 1.29 is 9.84 Å². The maximum Gasteiger partial charge on any atom is 0.391 e. The van der Waals surface area contributed by atoms with E-state index in [0.717, 1.165) is 11.8 Å². The average Bonchev–Trinajstić information content (AvgIpc) is 2.57. The van der Waals surface area contributed by atoms with Gasteiger partial charge in [0.25, 0.3) is 0 Å². The molecule has 0 aliphatic rings. The van der Waals surface area contributed by atoms with E-state index in [2.05, 4.69) is 18.8 Å². The van der Waals surface area contributed by atoms with Crippen molar-refractivity contribution in [2.75, 3.05) is 0 Å². The smallest absolute Gasteiger partial charge is 0.391 e. The second kappa shape index (κ2) is 8.04. The molecule has 0 aromatic heterocycles. The molecule has 0 spiro atoms. The standard InChI is InChI=1S/C20H21ClN2O2/c1-14(2)16-6-10-18(11-7-16)25-20(3,19(24)13-23-22)12-15-4-8-17(21)9-5-15/h4-11,13-14H,12H2,1-3H3/p+1/b19-13-. The number of nitrogens with zero attached hydrogens (tertiary/aromatic N) is 2. The van der Waals surface area contributed by atoms with Crippen LogP contribution in [0.2, 0.25) is 5.02 Å². The second-order valence-corrected chi connectivity index (χ2v) is 6.93. The van der Waals surface area contributed by atoms with Crippen LogP contribution in [0.25, 0.3) is 4.98 Å². The first kappa shape index (κ1) is 18.8. The third-order valence-electron chi connectivity index (χ3n) is 4.07. The normalized spacial score (nSPS) is 14.0. The minimum atomic E-state index is -1.08. The Labute approximate surface area is 153 Å². The topological polar surface area (TPSA) is 57.6 Å². The average molecular weight is 358 g/mol. The molecule has 0 fully saturated rings. The van der Waals surface area contributed by atoms with E-state index in [9.17, 15) is 5.11 Å². The molecule has 0 aliphatic carbocycles. The van der Waals surface area contributed by atoms with E-state index < -0.39 is 5.60 Å². The predicted octanol–water partition coefficient (Wildman–Crippen LogP) is 6.10. The molecule has 4 nitrogen and oxygen atoms in total. The first-order valence-corrected chi connectivity index (χ1v) is 8.49. The SMILES string of the molecule is CC(C)c1ccc(OC(C)(Cc2ccc(Cl)cc2)/C(O)=C/[N+]#N)cc1. The first-order chi connectivity index (χ1) is 11.8. The molecule has 0 radical (unpaired) electrons. The van der Waals surface area contributed by atoms with Gasteiger partial charge in [0, 0.05) is 11.4 Å². The Morgan fingerprint density at radius 2 is 1.80 bits per heavy atom. The van der Waals surface area contributed by atoms with E-state index in [-0.39, 0.29) is 5.76 Å². The van der Waals surface area contributed by atoms with Gasteiger partial charge in [0.2, 0.25) is 11.2 Å². The molecule has 1 atom stereocenters. The molecule has 1 unspecified atom stereocenters. The van der Waals surface area contributed by atoms with Gasteiger partial charge in [-0.05, 0) is 48.2 Å². The molecular formula is C20H22ClN2O2+. The van der Waals surface area contributed by atoms with Crippen LogP contribution in [0, 0.1) is 5.39 Å². The Morgan fingerprint density at radius 3 is 2.32 bits per heavy atom. The largest absolute Gasteiger partial charge is 0.503 e. The predicted molar refractivity (Wildman–Crippen MR) is 101 cm³/mol. The van der Waals surface area contributed by atoms with Crippen LogP contribution in [0.5, 0.6) is 5.75 Å². The van der Waals surface area contributed by atoms with Gasteiger partial charge in [-0.25, -0.2) is 0 Å². The van der Waals surface area contributed by atoms with Gasteiger partial charge in [-0.3, -0.25) is 0 Å². The van der Waals surface area contributed by atoms with E-state index in [1.54, 1.807) is 19.1 Å². The van der Waals surface area contributed by atoms with E-state index in [1.807, 2.05) is 36.4 Å². The molecule has 2 aromatic rings. The van der Waals surface area contributed by atoms with Crippen molar-refractivity contribution in [3.63, 3.8) is 0 Å². The molecule has 2 aromatic carbocycles. The summed E-state index contributed by atoms with van der Waals surface area (Å²) in [6.07, 6.45) is 1.37. The first-order valence-electron chi connectivity index (χ1n) is 8.11. The Hall–Kier alpha value is -2.51. The Kier molecular flexibility index (Phi) is 6.06. The summed E-state index contributed by atoms with van der Waals surface area (Å²) < 4.78 is 6.06. The van der Waals surface area contributed by atoms with Crippen molar-refractivity contribution in [2.24, 2.45) is 0 Å². The highest BCUT2D eigenvalue weighted by molar-refractivity contribution is 6.30. The lowest BCUT2D eigenvalue weighted by atomic mass is 9.94. The maximum atomic E-state index is 10.3. The van der Waals surface area contributed by atoms with E-state index in [0.29, 0.717) is 23.1 Å². The molecule has 0 amide bonds. The summed E-state index contributed by atoms with van der Waals surface area (Å²) in [6, 6.07) is 15.1. The van der Waals surface area contributed by atoms with E-state index in [1.165, 1.54) is 5.56 Å². The number of benzene rings is 2. The second-order valence-electron chi connectivity index (χ2n) is 6.49. The van der Waals surface area contributed by atoms with Gasteiger partial charge in [0.1, 0.15) is 5.75 Å². The van der Waals surface area contributed by atoms with Gasteiger partial charge < -0.3 is 9.84 Å². The minimum absolute atomic E-state index is 0.169. The zero-order valence-corrected chi connectivity index (χ0v) is 15.4. The van der Waals surface area contributed by atoms with E-state index >= 15 is 0 Å². The number of aliphatic hydroxyl groups excluding tert-OH is 1. The van der Waals surface area contributed by atoms with Crippen LogP contribution >= 0.6 is 11.6 Å². The van der Waals surface area contributed by atoms with Crippen molar-refractivity contribution >= 4 is 11.6 Å². The summed E-state index contributed by atoms with van der Waals surface area (Å²) in [5.41, 5.74) is 1.06. The summed E-state index contributed by atoms with van der Waals surface area (Å²) in [5.74, 6) is 0.882. The van der Waals surface area contributed by atoms with Crippen molar-refractivity contribution in [3.05, 3.63) is 81.6 Å². The molecule has 0 heterocycles. The monoisotopic (exact) mass is 357 g/mol. The summed E-state index contributed by atoms with van der Waals surface area (Å²) in [7, 11) is 0. The molecule has 25 heavy (non-hydrogen) atoms. The van der Waals surface area contributed by atoms with Gasteiger partial charge in [-0.1, -0.05) is 49.7 Å². The molecule has 5 heteroatoms. The summed E-state index contributed by atoms with van der Waals surface area (Å²) in [6.45, 7) is 5.99. The van der Waals surface area contributed by atoms with Crippen LogP contribution in [0.1, 0.15) is 37.8 Å². The summed E-state index contributed by atoms with van der Waals surface area (Å²) in [4.78, 5) is 2.92. The van der Waals surface area contributed by atoms with Crippen molar-refractivity contribution in [1.82, 2.24) is 0 Å². The summed E-state index contributed by atoms with van der Waals surface area (Å²) >= 11 is 5.93. The number of ether oxygens (including phenoxy) is 1. The Morgan fingerprint density at radius 1 is 1.20 bits per heavy atom. The minimum Gasteiger partial charge on any atom is -0.503 e. The number of hydrogen-bond donors (Lipinski definition) is 1. The Bertz CT molecular complexity index is 777. The lowest BCUT2D eigenvalue weighted by molar-refractivity contribution is 0.0785. The number of aliphatic hydroxyl groups is 1. The Balaban J connectivity index is 2.30. The zero-order chi connectivity index (χ0) is 18.4. The maximum absolute atomic E-state index is 10.3. The summed E-state index contributed by atoms with van der Waals surface area (Å²) in [5, 5.41) is 19.8. The van der Waals surface area contributed by atoms with Crippen molar-refractivity contribution in [2.45, 2.75) is 38.7 Å². The lowest BCUT2D eigenvalue weighted by Crippen LogP contribution is -2.37. The number of hydrogen-bond acceptors (Lipinski definition) is 3. The molecule has 0 aliphatic heterocycles. The number of diazo groups is 1. The lowest BCUT2D eigenvalue weighted by Gasteiger charge is -2.28. The van der Waals surface area contributed by atoms with Crippen LogP contribution in [0.3, 0.4) is 0 Å². The highest BCUT2D eigenvalue weighted by Crippen LogP contribution is 2.29. The molecular weight excluding hydrogens is 336 g/mol. The molecule has 0 saturated heterocycles. The van der Waals surface area contributed by atoms with Crippen LogP contribution in [-0.4, -0.2) is 10.7 Å². The van der Waals surface area contributed by atoms with Crippen LogP contribution < -0.4 is 4.74 Å². The molecule has 1 N–H and O–H groups in total. The number of rotatable bonds is 6. The van der Waals surface area contributed by atoms with Gasteiger partial charge >= 0.3 is 6.20 Å². The van der Waals surface area contributed by atoms with Crippen molar-refractivity contribution in [3.8, 4) is 5.75 Å². The fourth-order valence-corrected chi connectivity index (χ4v) is 2.67. The van der Waals surface area contributed by atoms with Gasteiger partial charge in [-0.15, -0.1) is 0 Å².